The lowest BCUT2D eigenvalue weighted by atomic mass is 9.83. The molecular weight excluding hydrogens is 198 g/mol. The summed E-state index contributed by atoms with van der Waals surface area (Å²) in [4.78, 5) is 0. The number of hydrogen-bond acceptors (Lipinski definition) is 2. The molecule has 1 aromatic heterocycles. The highest BCUT2D eigenvalue weighted by Gasteiger charge is 2.25. The molecule has 1 aliphatic carbocycles. The highest BCUT2D eigenvalue weighted by Crippen LogP contribution is 2.36. The van der Waals surface area contributed by atoms with E-state index in [0.717, 1.165) is 6.42 Å². The Bertz CT molecular complexity index is 350. The summed E-state index contributed by atoms with van der Waals surface area (Å²) in [5.74, 6) is 0.697. The van der Waals surface area contributed by atoms with Crippen LogP contribution >= 0.6 is 0 Å². The van der Waals surface area contributed by atoms with E-state index in [2.05, 4.69) is 24.6 Å². The van der Waals surface area contributed by atoms with Crippen LogP contribution in [0.3, 0.4) is 0 Å². The van der Waals surface area contributed by atoms with Gasteiger partial charge in [0.05, 0.1) is 11.4 Å². The molecule has 0 radical (unpaired) electrons. The van der Waals surface area contributed by atoms with Crippen LogP contribution in [0.4, 0.5) is 0 Å². The van der Waals surface area contributed by atoms with Crippen molar-refractivity contribution in [3.8, 4) is 0 Å². The largest absolute Gasteiger partial charge is 0.323 e. The molecular formula is C13H23N3. The third kappa shape index (κ3) is 2.01. The molecule has 0 aliphatic heterocycles. The maximum absolute atomic E-state index is 6.02. The molecule has 1 aliphatic rings. The minimum Gasteiger partial charge on any atom is -0.323 e. The summed E-state index contributed by atoms with van der Waals surface area (Å²) in [7, 11) is 0. The van der Waals surface area contributed by atoms with Gasteiger partial charge in [-0.2, -0.15) is 5.10 Å². The average Bonchev–Trinajstić information content (AvgIpc) is 2.58. The molecule has 1 aromatic rings. The van der Waals surface area contributed by atoms with E-state index in [1.165, 1.54) is 30.7 Å². The van der Waals surface area contributed by atoms with E-state index in [1.54, 1.807) is 0 Å². The van der Waals surface area contributed by atoms with E-state index >= 15 is 0 Å². The standard InChI is InChI=1S/C13H23N3/c1-4-9(2)16-13(10(3)14)8-12(15-16)11-6-5-7-11/h8-11H,4-7,14H2,1-3H3/t9?,10-/m1/s1. The van der Waals surface area contributed by atoms with Crippen LogP contribution in [-0.4, -0.2) is 9.78 Å². The zero-order valence-corrected chi connectivity index (χ0v) is 10.6. The van der Waals surface area contributed by atoms with E-state index in [4.69, 9.17) is 10.8 Å². The quantitative estimate of drug-likeness (QED) is 0.848. The van der Waals surface area contributed by atoms with Crippen molar-refractivity contribution in [2.45, 2.75) is 64.5 Å². The van der Waals surface area contributed by atoms with E-state index in [9.17, 15) is 0 Å². The maximum atomic E-state index is 6.02. The number of hydrogen-bond donors (Lipinski definition) is 1. The van der Waals surface area contributed by atoms with Crippen molar-refractivity contribution in [3.63, 3.8) is 0 Å². The van der Waals surface area contributed by atoms with Crippen LogP contribution in [0.1, 0.15) is 75.8 Å². The molecule has 1 heterocycles. The fourth-order valence-corrected chi connectivity index (χ4v) is 2.20. The van der Waals surface area contributed by atoms with Gasteiger partial charge in [-0.15, -0.1) is 0 Å². The normalized spacial score (nSPS) is 20.5. The van der Waals surface area contributed by atoms with Crippen molar-refractivity contribution in [2.24, 2.45) is 5.73 Å². The van der Waals surface area contributed by atoms with Gasteiger partial charge in [-0.05, 0) is 39.2 Å². The van der Waals surface area contributed by atoms with Crippen molar-refractivity contribution in [1.82, 2.24) is 9.78 Å². The van der Waals surface area contributed by atoms with Gasteiger partial charge in [0.2, 0.25) is 0 Å². The van der Waals surface area contributed by atoms with Crippen molar-refractivity contribution in [2.75, 3.05) is 0 Å². The molecule has 2 rings (SSSR count). The Hall–Kier alpha value is -0.830. The Kier molecular flexibility index (Phi) is 3.33. The molecule has 90 valence electrons. The minimum atomic E-state index is 0.0790. The van der Waals surface area contributed by atoms with Gasteiger partial charge in [0.25, 0.3) is 0 Å². The van der Waals surface area contributed by atoms with Crippen LogP contribution in [-0.2, 0) is 0 Å². The predicted octanol–water partition coefficient (Wildman–Crippen LogP) is 3.14. The molecule has 0 bridgehead atoms. The number of nitrogens with two attached hydrogens (primary N) is 1. The van der Waals surface area contributed by atoms with Crippen molar-refractivity contribution >= 4 is 0 Å². The molecule has 2 N–H and O–H groups in total. The first-order chi connectivity index (χ1) is 7.63. The zero-order chi connectivity index (χ0) is 11.7. The van der Waals surface area contributed by atoms with Crippen LogP contribution in [0, 0.1) is 0 Å². The second-order valence-corrected chi connectivity index (χ2v) is 5.11. The fourth-order valence-electron chi connectivity index (χ4n) is 2.20. The van der Waals surface area contributed by atoms with Gasteiger partial charge in [0.1, 0.15) is 0 Å². The van der Waals surface area contributed by atoms with Crippen LogP contribution in [0.2, 0.25) is 0 Å². The van der Waals surface area contributed by atoms with Crippen LogP contribution < -0.4 is 5.73 Å². The predicted molar refractivity (Wildman–Crippen MR) is 66.4 cm³/mol. The smallest absolute Gasteiger partial charge is 0.0659 e. The minimum absolute atomic E-state index is 0.0790. The third-order valence-electron chi connectivity index (χ3n) is 3.78. The van der Waals surface area contributed by atoms with Crippen molar-refractivity contribution < 1.29 is 0 Å². The molecule has 3 heteroatoms. The summed E-state index contributed by atoms with van der Waals surface area (Å²) < 4.78 is 2.14. The Balaban J connectivity index is 2.29. The van der Waals surface area contributed by atoms with Crippen LogP contribution in [0.15, 0.2) is 6.07 Å². The second-order valence-electron chi connectivity index (χ2n) is 5.11. The van der Waals surface area contributed by atoms with Gasteiger partial charge in [0, 0.05) is 18.0 Å². The number of nitrogens with zero attached hydrogens (tertiary/aromatic N) is 2. The highest BCUT2D eigenvalue weighted by atomic mass is 15.3. The number of rotatable bonds is 4. The first-order valence-corrected chi connectivity index (χ1v) is 6.48. The van der Waals surface area contributed by atoms with Gasteiger partial charge in [-0.3, -0.25) is 4.68 Å². The lowest BCUT2D eigenvalue weighted by Gasteiger charge is -2.23. The average molecular weight is 221 g/mol. The van der Waals surface area contributed by atoms with E-state index < -0.39 is 0 Å². The molecule has 1 fully saturated rings. The lowest BCUT2D eigenvalue weighted by molar-refractivity contribution is 0.394. The zero-order valence-electron chi connectivity index (χ0n) is 10.6. The SMILES string of the molecule is CCC(C)n1nc(C2CCC2)cc1[C@@H](C)N. The van der Waals surface area contributed by atoms with Gasteiger partial charge in [-0.25, -0.2) is 0 Å². The topological polar surface area (TPSA) is 43.8 Å². The van der Waals surface area contributed by atoms with Gasteiger partial charge < -0.3 is 5.73 Å². The molecule has 1 saturated carbocycles. The first kappa shape index (κ1) is 11.6. The first-order valence-electron chi connectivity index (χ1n) is 6.48. The Labute approximate surface area is 98.0 Å². The Morgan fingerprint density at radius 1 is 1.50 bits per heavy atom. The second kappa shape index (κ2) is 4.58. The Morgan fingerprint density at radius 3 is 2.62 bits per heavy atom. The molecule has 0 spiro atoms. The fraction of sp³-hybridized carbons (Fsp3) is 0.769. The highest BCUT2D eigenvalue weighted by molar-refractivity contribution is 5.19. The van der Waals surface area contributed by atoms with Crippen molar-refractivity contribution in [3.05, 3.63) is 17.5 Å². The lowest BCUT2D eigenvalue weighted by Crippen LogP contribution is -2.16. The third-order valence-corrected chi connectivity index (χ3v) is 3.78. The molecule has 0 saturated heterocycles. The van der Waals surface area contributed by atoms with E-state index in [0.29, 0.717) is 12.0 Å². The van der Waals surface area contributed by atoms with E-state index in [-0.39, 0.29) is 6.04 Å². The molecule has 1 unspecified atom stereocenters. The van der Waals surface area contributed by atoms with Gasteiger partial charge in [-0.1, -0.05) is 13.3 Å². The monoisotopic (exact) mass is 221 g/mol. The van der Waals surface area contributed by atoms with E-state index in [1.807, 2.05) is 6.92 Å². The van der Waals surface area contributed by atoms with Crippen molar-refractivity contribution in [1.29, 1.82) is 0 Å². The van der Waals surface area contributed by atoms with Crippen LogP contribution in [0.25, 0.3) is 0 Å². The summed E-state index contributed by atoms with van der Waals surface area (Å²) in [6, 6.07) is 2.76. The van der Waals surface area contributed by atoms with Gasteiger partial charge in [0.15, 0.2) is 0 Å². The summed E-state index contributed by atoms with van der Waals surface area (Å²) in [5, 5.41) is 4.76. The summed E-state index contributed by atoms with van der Waals surface area (Å²) in [6.07, 6.45) is 5.06. The van der Waals surface area contributed by atoms with Gasteiger partial charge >= 0.3 is 0 Å². The summed E-state index contributed by atoms with van der Waals surface area (Å²) >= 11 is 0. The number of aromatic nitrogens is 2. The van der Waals surface area contributed by atoms with Crippen LogP contribution in [0.5, 0.6) is 0 Å². The molecule has 3 nitrogen and oxygen atoms in total. The maximum Gasteiger partial charge on any atom is 0.0659 e. The summed E-state index contributed by atoms with van der Waals surface area (Å²) in [6.45, 7) is 6.45. The Morgan fingerprint density at radius 2 is 2.19 bits per heavy atom. The molecule has 0 aromatic carbocycles. The molecule has 0 amide bonds. The molecule has 16 heavy (non-hydrogen) atoms. The summed E-state index contributed by atoms with van der Waals surface area (Å²) in [5.41, 5.74) is 8.47. The molecule has 2 atom stereocenters.